The molecule has 3 amide bonds. The first-order chi connectivity index (χ1) is 23.5. The Bertz CT molecular complexity index is 1520. The van der Waals surface area contributed by atoms with Gasteiger partial charge in [-0.25, -0.2) is 0 Å². The van der Waals surface area contributed by atoms with Crippen molar-refractivity contribution < 1.29 is 33.8 Å². The van der Waals surface area contributed by atoms with E-state index < -0.39 is 59.1 Å². The van der Waals surface area contributed by atoms with E-state index >= 15 is 0 Å². The number of carbonyl (C=O) groups excluding carboxylic acids is 4. The van der Waals surface area contributed by atoms with Gasteiger partial charge in [0, 0.05) is 18.5 Å². The molecule has 5 rings (SSSR count). The summed E-state index contributed by atoms with van der Waals surface area (Å²) in [5.74, 6) is -3.32. The molecule has 7 atom stereocenters. The number of hydrogen-bond donors (Lipinski definition) is 2. The van der Waals surface area contributed by atoms with E-state index in [1.807, 2.05) is 81.4 Å². The predicted molar refractivity (Wildman–Crippen MR) is 185 cm³/mol. The number of nitrogens with zero attached hydrogens (tertiary/aromatic N) is 2. The molecule has 2 aromatic rings. The highest BCUT2D eigenvalue weighted by Gasteiger charge is 2.75. The van der Waals surface area contributed by atoms with Crippen molar-refractivity contribution in [2.45, 2.75) is 88.2 Å². The van der Waals surface area contributed by atoms with Gasteiger partial charge >= 0.3 is 5.97 Å². The Hall–Kier alpha value is -4.28. The number of carbonyl (C=O) groups is 4. The first-order valence-corrected chi connectivity index (χ1v) is 17.2. The average molecular weight is 672 g/mol. The molecule has 3 aliphatic rings. The Balaban J connectivity index is 1.50. The second-order valence-electron chi connectivity index (χ2n) is 14.2. The van der Waals surface area contributed by atoms with Crippen LogP contribution in [0.5, 0.6) is 0 Å². The number of benzene rings is 2. The maximum atomic E-state index is 14.8. The lowest BCUT2D eigenvalue weighted by Gasteiger charge is -2.43. The third kappa shape index (κ3) is 7.21. The van der Waals surface area contributed by atoms with E-state index in [1.54, 1.807) is 17.1 Å². The Labute approximate surface area is 289 Å². The maximum absolute atomic E-state index is 14.8. The summed E-state index contributed by atoms with van der Waals surface area (Å²) in [5, 5.41) is 13.8. The number of nitrogens with one attached hydrogen (secondary N) is 1. The molecule has 49 heavy (non-hydrogen) atoms. The van der Waals surface area contributed by atoms with Gasteiger partial charge in [0.1, 0.15) is 18.2 Å². The summed E-state index contributed by atoms with van der Waals surface area (Å²) in [5.41, 5.74) is -0.217. The summed E-state index contributed by atoms with van der Waals surface area (Å²) in [7, 11) is 0. The first-order valence-electron chi connectivity index (χ1n) is 17.2. The lowest BCUT2D eigenvalue weighted by Crippen LogP contribution is -2.62. The Morgan fingerprint density at radius 2 is 1.78 bits per heavy atom. The molecular formula is C39H49N3O7. The molecular weight excluding hydrogens is 622 g/mol. The van der Waals surface area contributed by atoms with Crippen LogP contribution < -0.4 is 5.32 Å². The normalized spacial score (nSPS) is 25.3. The molecule has 2 N–H and O–H groups in total. The van der Waals surface area contributed by atoms with Crippen molar-refractivity contribution in [1.82, 2.24) is 15.1 Å². The van der Waals surface area contributed by atoms with Gasteiger partial charge in [-0.2, -0.15) is 0 Å². The summed E-state index contributed by atoms with van der Waals surface area (Å²) in [6.07, 6.45) is 4.60. The number of amides is 3. The van der Waals surface area contributed by atoms with Crippen molar-refractivity contribution in [3.8, 4) is 0 Å². The van der Waals surface area contributed by atoms with E-state index in [0.717, 1.165) is 11.1 Å². The van der Waals surface area contributed by atoms with Crippen molar-refractivity contribution in [2.75, 3.05) is 19.8 Å². The number of aliphatic hydroxyl groups is 1. The lowest BCUT2D eigenvalue weighted by atomic mass is 9.70. The zero-order valence-corrected chi connectivity index (χ0v) is 28.8. The molecule has 2 aromatic carbocycles. The van der Waals surface area contributed by atoms with Crippen LogP contribution in [0.2, 0.25) is 0 Å². The van der Waals surface area contributed by atoms with Crippen molar-refractivity contribution >= 4 is 23.7 Å². The molecule has 3 saturated heterocycles. The van der Waals surface area contributed by atoms with Crippen molar-refractivity contribution in [2.24, 2.45) is 11.8 Å². The van der Waals surface area contributed by atoms with Crippen LogP contribution in [-0.2, 0) is 35.1 Å². The number of esters is 1. The van der Waals surface area contributed by atoms with E-state index in [9.17, 15) is 24.3 Å². The standard InChI is InChI=1S/C39H49N3O7/c1-6-8-19-31(44)48-25-29(27-17-13-10-14-18-27)40-35(45)32-30-20-21-39(49-30)33(32)36(46)42(28(24-43)23-26-15-11-9-12-16-26)34(39)37(47)41(22-7-2)38(3,4)5/h6-7,9-18,28-30,32-34,43H,1-2,8,19-25H2,3-5H3,(H,40,45)/t28-,29-,30+,32-,33-,34+,39-/m1/s1. The van der Waals surface area contributed by atoms with E-state index in [0.29, 0.717) is 25.7 Å². The van der Waals surface area contributed by atoms with Gasteiger partial charge in [0.15, 0.2) is 0 Å². The van der Waals surface area contributed by atoms with Gasteiger partial charge in [-0.1, -0.05) is 72.8 Å². The Kier molecular flexibility index (Phi) is 11.1. The third-order valence-electron chi connectivity index (χ3n) is 10.1. The topological polar surface area (TPSA) is 125 Å². The molecule has 1 spiro atoms. The maximum Gasteiger partial charge on any atom is 0.306 e. The summed E-state index contributed by atoms with van der Waals surface area (Å²) in [4.78, 5) is 59.5. The molecule has 10 heteroatoms. The molecule has 3 aliphatic heterocycles. The zero-order valence-electron chi connectivity index (χ0n) is 28.8. The van der Waals surface area contributed by atoms with Crippen LogP contribution >= 0.6 is 0 Å². The lowest BCUT2D eigenvalue weighted by molar-refractivity contribution is -0.154. The van der Waals surface area contributed by atoms with E-state index in [2.05, 4.69) is 18.5 Å². The monoisotopic (exact) mass is 671 g/mol. The number of likely N-dealkylation sites (tertiary alicyclic amines) is 1. The summed E-state index contributed by atoms with van der Waals surface area (Å²) in [6, 6.07) is 16.3. The van der Waals surface area contributed by atoms with Gasteiger partial charge in [0.05, 0.1) is 36.6 Å². The number of allylic oxidation sites excluding steroid dienone is 1. The minimum absolute atomic E-state index is 0.0906. The number of hydrogen-bond acceptors (Lipinski definition) is 7. The van der Waals surface area contributed by atoms with Gasteiger partial charge < -0.3 is 29.7 Å². The molecule has 0 aliphatic carbocycles. The fourth-order valence-corrected chi connectivity index (χ4v) is 7.81. The molecule has 3 fully saturated rings. The zero-order chi connectivity index (χ0) is 35.3. The highest BCUT2D eigenvalue weighted by molar-refractivity contribution is 5.99. The number of aliphatic hydroxyl groups excluding tert-OH is 1. The number of ether oxygens (including phenoxy) is 2. The molecule has 10 nitrogen and oxygen atoms in total. The van der Waals surface area contributed by atoms with Gasteiger partial charge in [0.2, 0.25) is 17.7 Å². The Morgan fingerprint density at radius 1 is 1.10 bits per heavy atom. The second-order valence-corrected chi connectivity index (χ2v) is 14.2. The van der Waals surface area contributed by atoms with Crippen LogP contribution in [0.15, 0.2) is 86.0 Å². The quantitative estimate of drug-likeness (QED) is 0.215. The molecule has 0 aromatic heterocycles. The third-order valence-corrected chi connectivity index (χ3v) is 10.1. The highest BCUT2D eigenvalue weighted by Crippen LogP contribution is 2.59. The van der Waals surface area contributed by atoms with Crippen LogP contribution in [0.3, 0.4) is 0 Å². The van der Waals surface area contributed by atoms with E-state index in [4.69, 9.17) is 9.47 Å². The van der Waals surface area contributed by atoms with E-state index in [-0.39, 0.29) is 38.0 Å². The van der Waals surface area contributed by atoms with Gasteiger partial charge in [-0.05, 0) is 57.6 Å². The van der Waals surface area contributed by atoms with Crippen LogP contribution in [0, 0.1) is 11.8 Å². The van der Waals surface area contributed by atoms with Crippen LogP contribution in [0.25, 0.3) is 0 Å². The summed E-state index contributed by atoms with van der Waals surface area (Å²) < 4.78 is 12.2. The SMILES string of the molecule is C=CCCC(=O)OC[C@@H](NC(=O)[C@@H]1[C@@H]2CC[C@]3(O2)[C@H](C(=O)N(CC=C)C(C)(C)C)N([C@@H](CO)Cc2ccccc2)C(=O)[C@@H]13)c1ccccc1. The average Bonchev–Trinajstić information content (AvgIpc) is 3.74. The first kappa shape index (κ1) is 36.0. The summed E-state index contributed by atoms with van der Waals surface area (Å²) >= 11 is 0. The number of rotatable bonds is 15. The molecule has 262 valence electrons. The molecule has 0 saturated carbocycles. The molecule has 2 bridgehead atoms. The van der Waals surface area contributed by atoms with Crippen molar-refractivity contribution in [3.63, 3.8) is 0 Å². The predicted octanol–water partition coefficient (Wildman–Crippen LogP) is 4.14. The highest BCUT2D eigenvalue weighted by atomic mass is 16.5. The van der Waals surface area contributed by atoms with Gasteiger partial charge in [0.25, 0.3) is 0 Å². The largest absolute Gasteiger partial charge is 0.463 e. The molecule has 3 heterocycles. The van der Waals surface area contributed by atoms with Gasteiger partial charge in [-0.3, -0.25) is 19.2 Å². The minimum atomic E-state index is -1.25. The Morgan fingerprint density at radius 3 is 2.39 bits per heavy atom. The molecule has 0 radical (unpaired) electrons. The number of fused-ring (bicyclic) bond motifs is 1. The van der Waals surface area contributed by atoms with Crippen molar-refractivity contribution in [3.05, 3.63) is 97.1 Å². The van der Waals surface area contributed by atoms with Gasteiger partial charge in [-0.15, -0.1) is 13.2 Å². The summed E-state index contributed by atoms with van der Waals surface area (Å²) in [6.45, 7) is 13.1. The molecule has 0 unspecified atom stereocenters. The van der Waals surface area contributed by atoms with Crippen molar-refractivity contribution in [1.29, 1.82) is 0 Å². The minimum Gasteiger partial charge on any atom is -0.463 e. The van der Waals surface area contributed by atoms with Crippen LogP contribution in [0.1, 0.15) is 63.6 Å². The fraction of sp³-hybridized carbons (Fsp3) is 0.487. The fourth-order valence-electron chi connectivity index (χ4n) is 7.81. The van der Waals surface area contributed by atoms with Crippen LogP contribution in [0.4, 0.5) is 0 Å². The van der Waals surface area contributed by atoms with E-state index in [1.165, 1.54) is 4.90 Å². The van der Waals surface area contributed by atoms with Crippen LogP contribution in [-0.4, -0.2) is 87.7 Å². The smallest absolute Gasteiger partial charge is 0.306 e. The second kappa shape index (κ2) is 15.1.